The van der Waals surface area contributed by atoms with E-state index in [0.29, 0.717) is 44.8 Å². The summed E-state index contributed by atoms with van der Waals surface area (Å²) < 4.78 is 23.1. The standard InChI is InChI=1S/C60H44N2O10/c1-37(2)57(65)61-45-25-29-47(30-26-45)69-59(67)43-19-13-39(14-20-43)17-35-53(63)71-51-33-23-41-9-5-7-11-49(41)55(51)56-50-12-8-6-10-42(50)24-34-52(56)72-54(64)36-18-40-15-21-44(22-16-40)60(68)70-48-31-27-46(28-32-48)62-58(66)38(3)4/h5-36H,1,3H2,2,4H3,(H,61,65)(H,62,66)/b35-17+,36-18+. The van der Waals surface area contributed by atoms with E-state index in [1.165, 1.54) is 12.2 Å². The third-order valence-electron chi connectivity index (χ3n) is 11.0. The van der Waals surface area contributed by atoms with Crippen LogP contribution in [0.5, 0.6) is 23.0 Å². The van der Waals surface area contributed by atoms with E-state index in [1.807, 2.05) is 60.7 Å². The Balaban J connectivity index is 0.965. The molecule has 354 valence electrons. The molecule has 0 unspecified atom stereocenters. The molecule has 0 saturated carbocycles. The molecule has 0 fully saturated rings. The van der Waals surface area contributed by atoms with Gasteiger partial charge in [-0.05, 0) is 144 Å². The van der Waals surface area contributed by atoms with Crippen LogP contribution in [0.4, 0.5) is 11.4 Å². The van der Waals surface area contributed by atoms with Gasteiger partial charge in [-0.25, -0.2) is 19.2 Å². The molecule has 72 heavy (non-hydrogen) atoms. The lowest BCUT2D eigenvalue weighted by atomic mass is 9.92. The van der Waals surface area contributed by atoms with Crippen molar-refractivity contribution in [2.24, 2.45) is 0 Å². The van der Waals surface area contributed by atoms with Gasteiger partial charge >= 0.3 is 23.9 Å². The van der Waals surface area contributed by atoms with Gasteiger partial charge < -0.3 is 29.6 Å². The van der Waals surface area contributed by atoms with Crippen molar-refractivity contribution < 1.29 is 47.7 Å². The van der Waals surface area contributed by atoms with E-state index in [2.05, 4.69) is 23.8 Å². The molecule has 8 aromatic rings. The zero-order valence-corrected chi connectivity index (χ0v) is 39.0. The lowest BCUT2D eigenvalue weighted by Crippen LogP contribution is -2.12. The Morgan fingerprint density at radius 2 is 0.778 bits per heavy atom. The fourth-order valence-corrected chi connectivity index (χ4v) is 7.28. The van der Waals surface area contributed by atoms with Gasteiger partial charge in [-0.3, -0.25) is 9.59 Å². The van der Waals surface area contributed by atoms with E-state index in [-0.39, 0.29) is 45.9 Å². The van der Waals surface area contributed by atoms with Crippen molar-refractivity contribution in [2.45, 2.75) is 13.8 Å². The molecule has 0 atom stereocenters. The summed E-state index contributed by atoms with van der Waals surface area (Å²) in [5.74, 6) is -2.17. The number of anilines is 2. The SMILES string of the molecule is C=C(C)C(=O)Nc1ccc(OC(=O)c2ccc(/C=C/C(=O)Oc3ccc4ccccc4c3-c3c(OC(=O)/C=C/c4ccc(C(=O)Oc5ccc(NC(=O)C(=C)C)cc5)cc4)ccc4ccccc34)cc2)cc1. The molecular weight excluding hydrogens is 909 g/mol. The molecule has 0 saturated heterocycles. The van der Waals surface area contributed by atoms with Crippen LogP contribution in [-0.2, 0) is 19.2 Å². The van der Waals surface area contributed by atoms with E-state index in [9.17, 15) is 28.8 Å². The van der Waals surface area contributed by atoms with Crippen LogP contribution in [0.15, 0.2) is 206 Å². The fourth-order valence-electron chi connectivity index (χ4n) is 7.28. The van der Waals surface area contributed by atoms with E-state index in [1.54, 1.807) is 135 Å². The maximum absolute atomic E-state index is 13.6. The second-order valence-corrected chi connectivity index (χ2v) is 16.4. The first-order chi connectivity index (χ1) is 34.8. The van der Waals surface area contributed by atoms with Crippen molar-refractivity contribution in [1.82, 2.24) is 0 Å². The summed E-state index contributed by atoms with van der Waals surface area (Å²) in [6.45, 7) is 10.4. The Labute approximate surface area is 414 Å². The zero-order valence-electron chi connectivity index (χ0n) is 39.0. The molecule has 12 heteroatoms. The average molecular weight is 953 g/mol. The second-order valence-electron chi connectivity index (χ2n) is 16.4. The fraction of sp³-hybridized carbons (Fsp3) is 0.0333. The van der Waals surface area contributed by atoms with Crippen molar-refractivity contribution in [3.8, 4) is 34.1 Å². The minimum Gasteiger partial charge on any atom is -0.423 e. The Bertz CT molecular complexity index is 3270. The van der Waals surface area contributed by atoms with Crippen LogP contribution in [0.25, 0.3) is 44.8 Å². The number of benzene rings is 8. The van der Waals surface area contributed by atoms with Crippen molar-refractivity contribution in [3.63, 3.8) is 0 Å². The van der Waals surface area contributed by atoms with Gasteiger partial charge in [0.15, 0.2) is 0 Å². The molecule has 0 spiro atoms. The third-order valence-corrected chi connectivity index (χ3v) is 11.0. The van der Waals surface area contributed by atoms with Gasteiger partial charge in [0.05, 0.1) is 11.1 Å². The van der Waals surface area contributed by atoms with Gasteiger partial charge in [0, 0.05) is 45.8 Å². The third kappa shape index (κ3) is 12.0. The quantitative estimate of drug-likeness (QED) is 0.0574. The van der Waals surface area contributed by atoms with Gasteiger partial charge in [0.2, 0.25) is 0 Å². The molecule has 8 aromatic carbocycles. The molecule has 0 bridgehead atoms. The number of amides is 2. The van der Waals surface area contributed by atoms with Gasteiger partial charge in [-0.2, -0.15) is 0 Å². The molecule has 8 rings (SSSR count). The smallest absolute Gasteiger partial charge is 0.343 e. The predicted molar refractivity (Wildman–Crippen MR) is 279 cm³/mol. The van der Waals surface area contributed by atoms with Crippen molar-refractivity contribution in [2.75, 3.05) is 10.6 Å². The van der Waals surface area contributed by atoms with Gasteiger partial charge in [-0.1, -0.05) is 98.1 Å². The Hall–Kier alpha value is -9.94. The maximum Gasteiger partial charge on any atom is 0.343 e. The first-order valence-electron chi connectivity index (χ1n) is 22.4. The summed E-state index contributed by atoms with van der Waals surface area (Å²) in [4.78, 5) is 76.8. The molecule has 2 amide bonds. The van der Waals surface area contributed by atoms with Gasteiger partial charge in [0.1, 0.15) is 23.0 Å². The van der Waals surface area contributed by atoms with E-state index >= 15 is 0 Å². The number of nitrogens with one attached hydrogen (secondary N) is 2. The monoisotopic (exact) mass is 952 g/mol. The Kier molecular flexibility index (Phi) is 14.8. The van der Waals surface area contributed by atoms with Crippen molar-refractivity contribution in [1.29, 1.82) is 0 Å². The number of carbonyl (C=O) groups is 6. The first-order valence-corrected chi connectivity index (χ1v) is 22.4. The topological polar surface area (TPSA) is 163 Å². The predicted octanol–water partition coefficient (Wildman–Crippen LogP) is 12.4. The lowest BCUT2D eigenvalue weighted by Gasteiger charge is -2.18. The number of fused-ring (bicyclic) bond motifs is 2. The van der Waals surface area contributed by atoms with Crippen LogP contribution in [0, 0.1) is 0 Å². The van der Waals surface area contributed by atoms with E-state index < -0.39 is 23.9 Å². The van der Waals surface area contributed by atoms with Crippen LogP contribution < -0.4 is 29.6 Å². The van der Waals surface area contributed by atoms with E-state index in [0.717, 1.165) is 21.5 Å². The molecule has 0 heterocycles. The van der Waals surface area contributed by atoms with E-state index in [4.69, 9.17) is 18.9 Å². The highest BCUT2D eigenvalue weighted by atomic mass is 16.5. The number of hydrogen-bond donors (Lipinski definition) is 2. The number of rotatable bonds is 15. The van der Waals surface area contributed by atoms with Crippen LogP contribution >= 0.6 is 0 Å². The minimum atomic E-state index is -0.682. The Morgan fingerprint density at radius 1 is 0.417 bits per heavy atom. The normalized spacial score (nSPS) is 11.0. The van der Waals surface area contributed by atoms with Crippen LogP contribution in [-0.4, -0.2) is 35.7 Å². The molecule has 0 aliphatic rings. The van der Waals surface area contributed by atoms with Gasteiger partial charge in [0.25, 0.3) is 11.8 Å². The largest absolute Gasteiger partial charge is 0.423 e. The molecule has 0 aliphatic carbocycles. The van der Waals surface area contributed by atoms with Crippen LogP contribution in [0.2, 0.25) is 0 Å². The molecular formula is C60H44N2O10. The molecule has 0 radical (unpaired) electrons. The highest BCUT2D eigenvalue weighted by Gasteiger charge is 2.22. The van der Waals surface area contributed by atoms with Crippen LogP contribution in [0.1, 0.15) is 45.7 Å². The maximum atomic E-state index is 13.6. The number of ether oxygens (including phenoxy) is 4. The minimum absolute atomic E-state index is 0.222. The molecule has 0 aliphatic heterocycles. The number of carbonyl (C=O) groups excluding carboxylic acids is 6. The number of esters is 4. The Morgan fingerprint density at radius 3 is 1.14 bits per heavy atom. The molecule has 12 nitrogen and oxygen atoms in total. The summed E-state index contributed by atoms with van der Waals surface area (Å²) >= 11 is 0. The lowest BCUT2D eigenvalue weighted by molar-refractivity contribution is -0.129. The van der Waals surface area contributed by atoms with Crippen molar-refractivity contribution in [3.05, 3.63) is 229 Å². The summed E-state index contributed by atoms with van der Waals surface area (Å²) in [6, 6.07) is 47.9. The van der Waals surface area contributed by atoms with Crippen LogP contribution in [0.3, 0.4) is 0 Å². The summed E-state index contributed by atoms with van der Waals surface area (Å²) in [6.07, 6.45) is 5.67. The average Bonchev–Trinajstić information content (AvgIpc) is 3.38. The highest BCUT2D eigenvalue weighted by Crippen LogP contribution is 2.45. The van der Waals surface area contributed by atoms with Gasteiger partial charge in [-0.15, -0.1) is 0 Å². The first kappa shape index (κ1) is 48.5. The van der Waals surface area contributed by atoms with Crippen molar-refractivity contribution >= 4 is 80.8 Å². The molecule has 0 aromatic heterocycles. The second kappa shape index (κ2) is 22.0. The summed E-state index contributed by atoms with van der Waals surface area (Å²) in [5, 5.41) is 8.57. The zero-order chi connectivity index (χ0) is 50.7. The number of hydrogen-bond acceptors (Lipinski definition) is 10. The highest BCUT2D eigenvalue weighted by molar-refractivity contribution is 6.11. The molecule has 2 N–H and O–H groups in total. The summed E-state index contributed by atoms with van der Waals surface area (Å²) in [7, 11) is 0. The summed E-state index contributed by atoms with van der Waals surface area (Å²) in [5.41, 5.74) is 4.61.